The molecule has 138 valence electrons. The van der Waals surface area contributed by atoms with E-state index in [1.54, 1.807) is 21.3 Å². The van der Waals surface area contributed by atoms with Crippen molar-refractivity contribution >= 4 is 28.2 Å². The maximum atomic E-state index is 11.2. The lowest BCUT2D eigenvalue weighted by molar-refractivity contribution is 0.123. The Balaban J connectivity index is 2.09. The molecule has 0 unspecified atom stereocenters. The molecule has 23 heavy (non-hydrogen) atoms. The van der Waals surface area contributed by atoms with E-state index >= 15 is 0 Å². The lowest BCUT2D eigenvalue weighted by atomic mass is 9.87. The molecule has 1 fully saturated rings. The fourth-order valence-corrected chi connectivity index (χ4v) is 7.07. The standard InChI is InChI=1S/C14H31O6PSSi/c1-18-23(19-2,20-3)12-4-10-22-11-9-13-5-7-14(8-6-13)21(15,16)17/h13-14H,4-12H2,1-3H3,(H2,15,16,17). The molecule has 1 saturated carbocycles. The van der Waals surface area contributed by atoms with Crippen molar-refractivity contribution in [1.29, 1.82) is 0 Å². The van der Waals surface area contributed by atoms with Gasteiger partial charge in [-0.15, -0.1) is 0 Å². The molecule has 0 aromatic heterocycles. The van der Waals surface area contributed by atoms with Crippen LogP contribution >= 0.6 is 19.4 Å². The maximum absolute atomic E-state index is 11.2. The van der Waals surface area contributed by atoms with E-state index in [1.165, 1.54) is 0 Å². The normalized spacial score (nSPS) is 23.2. The molecular formula is C14H31O6PSSi. The minimum Gasteiger partial charge on any atom is -0.377 e. The highest BCUT2D eigenvalue weighted by Crippen LogP contribution is 2.49. The minimum atomic E-state index is -3.87. The molecule has 0 radical (unpaired) electrons. The van der Waals surface area contributed by atoms with Gasteiger partial charge in [0.05, 0.1) is 5.66 Å². The van der Waals surface area contributed by atoms with Crippen LogP contribution in [0, 0.1) is 5.92 Å². The smallest absolute Gasteiger partial charge is 0.377 e. The van der Waals surface area contributed by atoms with Gasteiger partial charge in [-0.05, 0) is 55.9 Å². The van der Waals surface area contributed by atoms with Crippen LogP contribution in [0.15, 0.2) is 0 Å². The second-order valence-corrected chi connectivity index (χ2v) is 12.3. The maximum Gasteiger partial charge on any atom is 0.500 e. The average Bonchev–Trinajstić information content (AvgIpc) is 2.54. The van der Waals surface area contributed by atoms with Crippen LogP contribution in [0.5, 0.6) is 0 Å². The van der Waals surface area contributed by atoms with Crippen molar-refractivity contribution in [2.24, 2.45) is 5.92 Å². The Bertz CT molecular complexity index is 360. The van der Waals surface area contributed by atoms with Gasteiger partial charge in [-0.1, -0.05) is 0 Å². The molecule has 0 aromatic carbocycles. The molecule has 0 amide bonds. The molecule has 0 bridgehead atoms. The highest BCUT2D eigenvalue weighted by molar-refractivity contribution is 7.99. The summed E-state index contributed by atoms with van der Waals surface area (Å²) in [7, 11) is -1.38. The first-order valence-electron chi connectivity index (χ1n) is 8.15. The van der Waals surface area contributed by atoms with Gasteiger partial charge in [0.2, 0.25) is 0 Å². The molecule has 2 N–H and O–H groups in total. The minimum absolute atomic E-state index is 0.401. The summed E-state index contributed by atoms with van der Waals surface area (Å²) < 4.78 is 27.4. The third-order valence-corrected chi connectivity index (χ3v) is 10.1. The molecule has 0 aliphatic heterocycles. The van der Waals surface area contributed by atoms with E-state index in [1.807, 2.05) is 11.8 Å². The van der Waals surface area contributed by atoms with Gasteiger partial charge >= 0.3 is 16.4 Å². The fourth-order valence-electron chi connectivity index (χ4n) is 3.07. The van der Waals surface area contributed by atoms with Crippen LogP contribution in [-0.4, -0.2) is 57.1 Å². The number of hydrogen-bond acceptors (Lipinski definition) is 5. The third kappa shape index (κ3) is 7.57. The Kier molecular flexibility index (Phi) is 9.93. The lowest BCUT2D eigenvalue weighted by Gasteiger charge is -2.28. The molecule has 1 rings (SSSR count). The van der Waals surface area contributed by atoms with Gasteiger partial charge in [-0.3, -0.25) is 4.57 Å². The highest BCUT2D eigenvalue weighted by Gasteiger charge is 2.36. The molecule has 6 nitrogen and oxygen atoms in total. The predicted molar refractivity (Wildman–Crippen MR) is 95.9 cm³/mol. The fraction of sp³-hybridized carbons (Fsp3) is 1.00. The van der Waals surface area contributed by atoms with Crippen molar-refractivity contribution in [3.8, 4) is 0 Å². The van der Waals surface area contributed by atoms with Crippen molar-refractivity contribution in [2.45, 2.75) is 50.2 Å². The SMILES string of the molecule is CO[Si](CCCSCCC1CCC(P(=O)(O)O)CC1)(OC)OC. The Hall–Kier alpha value is 0.597. The highest BCUT2D eigenvalue weighted by atomic mass is 32.2. The summed E-state index contributed by atoms with van der Waals surface area (Å²) in [6, 6.07) is 0.830. The van der Waals surface area contributed by atoms with Crippen molar-refractivity contribution in [1.82, 2.24) is 0 Å². The first-order valence-corrected chi connectivity index (χ1v) is 12.9. The lowest BCUT2D eigenvalue weighted by Crippen LogP contribution is -2.42. The number of hydrogen-bond donors (Lipinski definition) is 2. The quantitative estimate of drug-likeness (QED) is 0.321. The molecule has 0 heterocycles. The summed E-state index contributed by atoms with van der Waals surface area (Å²) >= 11 is 1.93. The molecule has 0 saturated heterocycles. The summed E-state index contributed by atoms with van der Waals surface area (Å²) in [5.74, 6) is 2.78. The monoisotopic (exact) mass is 386 g/mol. The van der Waals surface area contributed by atoms with Crippen molar-refractivity contribution < 1.29 is 27.6 Å². The zero-order valence-electron chi connectivity index (χ0n) is 14.4. The second kappa shape index (κ2) is 10.6. The largest absolute Gasteiger partial charge is 0.500 e. The van der Waals surface area contributed by atoms with Crippen LogP contribution in [0.25, 0.3) is 0 Å². The van der Waals surface area contributed by atoms with Crippen LogP contribution in [-0.2, 0) is 17.8 Å². The summed E-state index contributed by atoms with van der Waals surface area (Å²) in [5.41, 5.74) is -0.401. The van der Waals surface area contributed by atoms with Gasteiger partial charge in [-0.25, -0.2) is 0 Å². The van der Waals surface area contributed by atoms with Crippen LogP contribution in [0.1, 0.15) is 38.5 Å². The van der Waals surface area contributed by atoms with Crippen molar-refractivity contribution in [3.63, 3.8) is 0 Å². The van der Waals surface area contributed by atoms with Crippen LogP contribution in [0.3, 0.4) is 0 Å². The molecule has 1 aliphatic carbocycles. The van der Waals surface area contributed by atoms with Gasteiger partial charge in [0, 0.05) is 27.4 Å². The van der Waals surface area contributed by atoms with Gasteiger partial charge in [0.25, 0.3) is 0 Å². The first-order chi connectivity index (χ1) is 10.9. The predicted octanol–water partition coefficient (Wildman–Crippen LogP) is 3.11. The van der Waals surface area contributed by atoms with Crippen LogP contribution < -0.4 is 0 Å². The van der Waals surface area contributed by atoms with E-state index in [9.17, 15) is 14.4 Å². The number of thioether (sulfide) groups is 1. The molecule has 0 atom stereocenters. The second-order valence-electron chi connectivity index (χ2n) is 6.06. The molecule has 9 heteroatoms. The first kappa shape index (κ1) is 21.6. The van der Waals surface area contributed by atoms with Crippen molar-refractivity contribution in [2.75, 3.05) is 32.8 Å². The van der Waals surface area contributed by atoms with Crippen molar-refractivity contribution in [3.05, 3.63) is 0 Å². The topological polar surface area (TPSA) is 85.2 Å². The van der Waals surface area contributed by atoms with E-state index < -0.39 is 22.1 Å². The molecule has 0 aromatic rings. The zero-order valence-corrected chi connectivity index (χ0v) is 17.1. The summed E-state index contributed by atoms with van der Waals surface area (Å²) in [4.78, 5) is 18.4. The third-order valence-electron chi connectivity index (χ3n) is 4.67. The Morgan fingerprint density at radius 1 is 1.04 bits per heavy atom. The van der Waals surface area contributed by atoms with E-state index in [4.69, 9.17) is 13.3 Å². The number of rotatable bonds is 11. The van der Waals surface area contributed by atoms with Crippen LogP contribution in [0.4, 0.5) is 0 Å². The molecule has 1 aliphatic rings. The molecule has 0 spiro atoms. The average molecular weight is 387 g/mol. The van der Waals surface area contributed by atoms with E-state index in [2.05, 4.69) is 0 Å². The van der Waals surface area contributed by atoms with E-state index in [0.717, 1.165) is 43.2 Å². The van der Waals surface area contributed by atoms with E-state index in [-0.39, 0.29) is 0 Å². The Labute approximate surface area is 145 Å². The van der Waals surface area contributed by atoms with Gasteiger partial charge in [0.15, 0.2) is 0 Å². The van der Waals surface area contributed by atoms with E-state index in [0.29, 0.717) is 18.8 Å². The summed E-state index contributed by atoms with van der Waals surface area (Å²) in [6.07, 6.45) is 5.39. The zero-order chi connectivity index (χ0) is 17.3. The van der Waals surface area contributed by atoms with Gasteiger partial charge < -0.3 is 23.1 Å². The Morgan fingerprint density at radius 2 is 1.61 bits per heavy atom. The Morgan fingerprint density at radius 3 is 2.09 bits per heavy atom. The van der Waals surface area contributed by atoms with Gasteiger partial charge in [-0.2, -0.15) is 11.8 Å². The summed E-state index contributed by atoms with van der Waals surface area (Å²) in [6.45, 7) is 0. The van der Waals surface area contributed by atoms with Gasteiger partial charge in [0.1, 0.15) is 0 Å². The summed E-state index contributed by atoms with van der Waals surface area (Å²) in [5, 5.41) is 0. The molecular weight excluding hydrogens is 355 g/mol. The van der Waals surface area contributed by atoms with Crippen LogP contribution in [0.2, 0.25) is 6.04 Å².